The summed E-state index contributed by atoms with van der Waals surface area (Å²) in [7, 11) is 0. The molecule has 0 spiro atoms. The number of thiophene rings is 1. The molecule has 0 fully saturated rings. The summed E-state index contributed by atoms with van der Waals surface area (Å²) >= 11 is 1.84. The third-order valence-electron chi connectivity index (χ3n) is 3.27. The fraction of sp³-hybridized carbons (Fsp3) is 0.706. The number of aryl methyl sites for hydroxylation is 2. The molecule has 0 saturated carbocycles. The van der Waals surface area contributed by atoms with Crippen LogP contribution >= 0.6 is 11.3 Å². The maximum Gasteiger partial charge on any atom is 0.410 e. The Kier molecular flexibility index (Phi) is 7.36. The summed E-state index contributed by atoms with van der Waals surface area (Å²) < 4.78 is 5.40. The third-order valence-corrected chi connectivity index (χ3v) is 4.28. The van der Waals surface area contributed by atoms with E-state index in [1.165, 1.54) is 15.3 Å². The number of nitrogens with zero attached hydrogens (tertiary/aromatic N) is 1. The van der Waals surface area contributed by atoms with Crippen LogP contribution in [0.3, 0.4) is 0 Å². The van der Waals surface area contributed by atoms with E-state index in [2.05, 4.69) is 25.2 Å². The van der Waals surface area contributed by atoms with E-state index < -0.39 is 5.60 Å². The van der Waals surface area contributed by atoms with Gasteiger partial charge < -0.3 is 15.0 Å². The minimum absolute atomic E-state index is 0.223. The van der Waals surface area contributed by atoms with Crippen LogP contribution in [0.5, 0.6) is 0 Å². The number of ether oxygens (including phenoxy) is 1. The zero-order valence-corrected chi connectivity index (χ0v) is 15.6. The van der Waals surface area contributed by atoms with E-state index in [1.807, 2.05) is 39.0 Å². The standard InChI is InChI=1S/C17H30N2O2S/c1-7-19(16(20)21-17(4,5)6)10-8-9-18-12-15-11-13(2)22-14(15)3/h11,18H,7-10,12H2,1-6H3. The van der Waals surface area contributed by atoms with Crippen LogP contribution in [-0.2, 0) is 11.3 Å². The van der Waals surface area contributed by atoms with Crippen molar-refractivity contribution in [2.24, 2.45) is 0 Å². The van der Waals surface area contributed by atoms with Gasteiger partial charge in [0.1, 0.15) is 5.60 Å². The molecule has 1 amide bonds. The lowest BCUT2D eigenvalue weighted by molar-refractivity contribution is 0.0258. The Morgan fingerprint density at radius 3 is 2.55 bits per heavy atom. The molecule has 1 aromatic heterocycles. The van der Waals surface area contributed by atoms with E-state index in [0.717, 1.165) is 26.1 Å². The number of carbonyl (C=O) groups excluding carboxylic acids is 1. The van der Waals surface area contributed by atoms with Gasteiger partial charge in [-0.1, -0.05) is 0 Å². The van der Waals surface area contributed by atoms with Gasteiger partial charge in [0.2, 0.25) is 0 Å². The van der Waals surface area contributed by atoms with Crippen LogP contribution in [-0.4, -0.2) is 36.2 Å². The Hall–Kier alpha value is -1.07. The van der Waals surface area contributed by atoms with Gasteiger partial charge in [-0.05, 0) is 66.1 Å². The lowest BCUT2D eigenvalue weighted by Crippen LogP contribution is -2.38. The number of carbonyl (C=O) groups is 1. The van der Waals surface area contributed by atoms with Gasteiger partial charge in [0, 0.05) is 29.4 Å². The first-order valence-electron chi connectivity index (χ1n) is 7.97. The molecule has 0 atom stereocenters. The molecule has 1 N–H and O–H groups in total. The highest BCUT2D eigenvalue weighted by Crippen LogP contribution is 2.20. The van der Waals surface area contributed by atoms with Crippen molar-refractivity contribution < 1.29 is 9.53 Å². The number of hydrogen-bond acceptors (Lipinski definition) is 4. The molecule has 0 bridgehead atoms. The van der Waals surface area contributed by atoms with E-state index in [1.54, 1.807) is 4.90 Å². The molecular formula is C17H30N2O2S. The van der Waals surface area contributed by atoms with Crippen LogP contribution in [0.4, 0.5) is 4.79 Å². The first kappa shape index (κ1) is 19.0. The molecule has 0 aliphatic carbocycles. The molecule has 1 aromatic rings. The number of hydrogen-bond donors (Lipinski definition) is 1. The van der Waals surface area contributed by atoms with Crippen molar-refractivity contribution in [2.45, 2.75) is 60.1 Å². The number of rotatable bonds is 7. The summed E-state index contributed by atoms with van der Waals surface area (Å²) in [5.74, 6) is 0. The van der Waals surface area contributed by atoms with Crippen LogP contribution in [0, 0.1) is 13.8 Å². The molecule has 0 unspecified atom stereocenters. The van der Waals surface area contributed by atoms with Gasteiger partial charge in [0.15, 0.2) is 0 Å². The molecule has 5 heteroatoms. The average molecular weight is 327 g/mol. The van der Waals surface area contributed by atoms with Crippen molar-refractivity contribution in [1.82, 2.24) is 10.2 Å². The maximum atomic E-state index is 12.0. The molecule has 0 saturated heterocycles. The van der Waals surface area contributed by atoms with Crippen LogP contribution in [0.25, 0.3) is 0 Å². The van der Waals surface area contributed by atoms with Gasteiger partial charge in [-0.3, -0.25) is 0 Å². The lowest BCUT2D eigenvalue weighted by atomic mass is 10.2. The first-order chi connectivity index (χ1) is 10.2. The largest absolute Gasteiger partial charge is 0.444 e. The predicted octanol–water partition coefficient (Wildman–Crippen LogP) is 4.10. The van der Waals surface area contributed by atoms with Gasteiger partial charge in [-0.2, -0.15) is 0 Å². The second kappa shape index (κ2) is 8.53. The van der Waals surface area contributed by atoms with E-state index in [9.17, 15) is 4.79 Å². The number of nitrogens with one attached hydrogen (secondary N) is 1. The van der Waals surface area contributed by atoms with E-state index in [0.29, 0.717) is 6.54 Å². The van der Waals surface area contributed by atoms with Crippen molar-refractivity contribution >= 4 is 17.4 Å². The first-order valence-corrected chi connectivity index (χ1v) is 8.79. The monoisotopic (exact) mass is 326 g/mol. The molecule has 0 aliphatic heterocycles. The van der Waals surface area contributed by atoms with Crippen LogP contribution in [0.2, 0.25) is 0 Å². The lowest BCUT2D eigenvalue weighted by Gasteiger charge is -2.26. The van der Waals surface area contributed by atoms with Crippen molar-refractivity contribution in [1.29, 1.82) is 0 Å². The van der Waals surface area contributed by atoms with Gasteiger partial charge in [-0.15, -0.1) is 11.3 Å². The molecular weight excluding hydrogens is 296 g/mol. The molecule has 126 valence electrons. The Balaban J connectivity index is 2.27. The van der Waals surface area contributed by atoms with Gasteiger partial charge in [0.05, 0.1) is 0 Å². The van der Waals surface area contributed by atoms with Crippen molar-refractivity contribution in [3.05, 3.63) is 21.4 Å². The van der Waals surface area contributed by atoms with Crippen molar-refractivity contribution in [3.63, 3.8) is 0 Å². The minimum Gasteiger partial charge on any atom is -0.444 e. The van der Waals surface area contributed by atoms with Crippen LogP contribution < -0.4 is 5.32 Å². The van der Waals surface area contributed by atoms with E-state index in [-0.39, 0.29) is 6.09 Å². The molecule has 4 nitrogen and oxygen atoms in total. The summed E-state index contributed by atoms with van der Waals surface area (Å²) in [6, 6.07) is 2.24. The Labute approximate surface area is 138 Å². The van der Waals surface area contributed by atoms with Gasteiger partial charge >= 0.3 is 6.09 Å². The smallest absolute Gasteiger partial charge is 0.410 e. The van der Waals surface area contributed by atoms with Crippen LogP contribution in [0.1, 0.15) is 49.4 Å². The highest BCUT2D eigenvalue weighted by Gasteiger charge is 2.20. The molecule has 0 aromatic carbocycles. The third kappa shape index (κ3) is 6.79. The average Bonchev–Trinajstić information content (AvgIpc) is 2.70. The summed E-state index contributed by atoms with van der Waals surface area (Å²) in [5.41, 5.74) is 0.943. The summed E-state index contributed by atoms with van der Waals surface area (Å²) in [4.78, 5) is 16.5. The molecule has 1 rings (SSSR count). The van der Waals surface area contributed by atoms with E-state index in [4.69, 9.17) is 4.74 Å². The molecule has 0 aliphatic rings. The molecule has 0 radical (unpaired) electrons. The normalized spacial score (nSPS) is 11.5. The van der Waals surface area contributed by atoms with Gasteiger partial charge in [0.25, 0.3) is 0 Å². The fourth-order valence-corrected chi connectivity index (χ4v) is 3.13. The molecule has 22 heavy (non-hydrogen) atoms. The second-order valence-electron chi connectivity index (χ2n) is 6.53. The predicted molar refractivity (Wildman–Crippen MR) is 93.6 cm³/mol. The SMILES string of the molecule is CCN(CCCNCc1cc(C)sc1C)C(=O)OC(C)(C)C. The Bertz CT molecular complexity index is 477. The second-order valence-corrected chi connectivity index (χ2v) is 7.99. The highest BCUT2D eigenvalue weighted by molar-refractivity contribution is 7.12. The topological polar surface area (TPSA) is 41.6 Å². The summed E-state index contributed by atoms with van der Waals surface area (Å²) in [6.45, 7) is 15.2. The Morgan fingerprint density at radius 2 is 2.05 bits per heavy atom. The summed E-state index contributed by atoms with van der Waals surface area (Å²) in [5, 5.41) is 3.45. The van der Waals surface area contributed by atoms with Gasteiger partial charge in [-0.25, -0.2) is 4.79 Å². The van der Waals surface area contributed by atoms with Crippen LogP contribution in [0.15, 0.2) is 6.07 Å². The fourth-order valence-electron chi connectivity index (χ4n) is 2.18. The zero-order valence-electron chi connectivity index (χ0n) is 14.8. The zero-order chi connectivity index (χ0) is 16.8. The Morgan fingerprint density at radius 1 is 1.36 bits per heavy atom. The quantitative estimate of drug-likeness (QED) is 0.767. The minimum atomic E-state index is -0.433. The van der Waals surface area contributed by atoms with Crippen molar-refractivity contribution in [2.75, 3.05) is 19.6 Å². The van der Waals surface area contributed by atoms with E-state index >= 15 is 0 Å². The summed E-state index contributed by atoms with van der Waals surface area (Å²) in [6.07, 6.45) is 0.703. The highest BCUT2D eigenvalue weighted by atomic mass is 32.1. The molecule has 1 heterocycles. The maximum absolute atomic E-state index is 12.0. The van der Waals surface area contributed by atoms with Crippen molar-refractivity contribution in [3.8, 4) is 0 Å². The number of amides is 1.